The summed E-state index contributed by atoms with van der Waals surface area (Å²) in [5.74, 6) is -0.846. The van der Waals surface area contributed by atoms with E-state index in [1.807, 2.05) is 13.8 Å². The van der Waals surface area contributed by atoms with Crippen LogP contribution in [0.1, 0.15) is 34.6 Å². The lowest BCUT2D eigenvalue weighted by Crippen LogP contribution is -2.31. The first-order chi connectivity index (χ1) is 11.8. The normalized spacial score (nSPS) is 10.4. The number of amides is 2. The molecule has 0 saturated heterocycles. The molecule has 2 aromatic rings. The second kappa shape index (κ2) is 7.76. The summed E-state index contributed by atoms with van der Waals surface area (Å²) in [5, 5.41) is 16.4. The fourth-order valence-corrected chi connectivity index (χ4v) is 2.26. The number of nitro groups is 1. The van der Waals surface area contributed by atoms with Crippen LogP contribution in [0.4, 0.5) is 11.4 Å². The Morgan fingerprint density at radius 1 is 1.08 bits per heavy atom. The van der Waals surface area contributed by atoms with E-state index in [4.69, 9.17) is 11.6 Å². The number of carbonyl (C=O) groups excluding carboxylic acids is 2. The quantitative estimate of drug-likeness (QED) is 0.627. The van der Waals surface area contributed by atoms with Crippen molar-refractivity contribution in [2.45, 2.75) is 19.9 Å². The zero-order chi connectivity index (χ0) is 18.6. The van der Waals surface area contributed by atoms with Crippen molar-refractivity contribution in [1.29, 1.82) is 0 Å². The first kappa shape index (κ1) is 18.4. The number of anilines is 1. The molecule has 0 heterocycles. The molecule has 2 N–H and O–H groups in total. The highest BCUT2D eigenvalue weighted by atomic mass is 35.5. The Hall–Kier alpha value is -2.93. The molecule has 7 nitrogen and oxygen atoms in total. The lowest BCUT2D eigenvalue weighted by molar-refractivity contribution is -0.384. The first-order valence-electron chi connectivity index (χ1n) is 7.44. The maximum absolute atomic E-state index is 12.3. The number of hydrogen-bond donors (Lipinski definition) is 2. The minimum Gasteiger partial charge on any atom is -0.350 e. The Kier molecular flexibility index (Phi) is 5.71. The molecular formula is C17H16ClN3O4. The number of hydrogen-bond acceptors (Lipinski definition) is 4. The Morgan fingerprint density at radius 3 is 2.28 bits per heavy atom. The maximum atomic E-state index is 12.3. The molecule has 0 aliphatic rings. The molecule has 25 heavy (non-hydrogen) atoms. The third-order valence-electron chi connectivity index (χ3n) is 3.23. The van der Waals surface area contributed by atoms with Crippen molar-refractivity contribution in [1.82, 2.24) is 5.32 Å². The van der Waals surface area contributed by atoms with Crippen molar-refractivity contribution in [3.8, 4) is 0 Å². The summed E-state index contributed by atoms with van der Waals surface area (Å²) < 4.78 is 0. The van der Waals surface area contributed by atoms with Gasteiger partial charge in [0.05, 0.1) is 16.2 Å². The van der Waals surface area contributed by atoms with E-state index in [1.54, 1.807) is 6.07 Å². The fraction of sp³-hybridized carbons (Fsp3) is 0.176. The summed E-state index contributed by atoms with van der Waals surface area (Å²) in [7, 11) is 0. The number of halogens is 1. The van der Waals surface area contributed by atoms with E-state index in [0.717, 1.165) is 0 Å². The molecule has 0 bridgehead atoms. The number of nitro benzene ring substituents is 1. The Morgan fingerprint density at radius 2 is 1.72 bits per heavy atom. The topological polar surface area (TPSA) is 101 Å². The monoisotopic (exact) mass is 361 g/mol. The van der Waals surface area contributed by atoms with Crippen molar-refractivity contribution in [3.63, 3.8) is 0 Å². The molecule has 0 aliphatic heterocycles. The molecule has 0 fully saturated rings. The van der Waals surface area contributed by atoms with Crippen LogP contribution in [0.3, 0.4) is 0 Å². The van der Waals surface area contributed by atoms with Gasteiger partial charge in [-0.25, -0.2) is 0 Å². The molecule has 2 rings (SSSR count). The van der Waals surface area contributed by atoms with Gasteiger partial charge in [-0.3, -0.25) is 19.7 Å². The third kappa shape index (κ3) is 4.77. The summed E-state index contributed by atoms with van der Waals surface area (Å²) >= 11 is 5.95. The van der Waals surface area contributed by atoms with Gasteiger partial charge in [0.15, 0.2) is 0 Å². The van der Waals surface area contributed by atoms with Crippen LogP contribution in [0, 0.1) is 10.1 Å². The van der Waals surface area contributed by atoms with Gasteiger partial charge in [0.25, 0.3) is 17.5 Å². The zero-order valence-corrected chi connectivity index (χ0v) is 14.3. The second-order valence-corrected chi connectivity index (χ2v) is 6.01. The van der Waals surface area contributed by atoms with Crippen molar-refractivity contribution in [3.05, 3.63) is 68.7 Å². The molecular weight excluding hydrogens is 346 g/mol. The van der Waals surface area contributed by atoms with Crippen molar-refractivity contribution in [2.75, 3.05) is 5.32 Å². The van der Waals surface area contributed by atoms with Gasteiger partial charge < -0.3 is 10.6 Å². The lowest BCUT2D eigenvalue weighted by atomic mass is 10.1. The van der Waals surface area contributed by atoms with Crippen LogP contribution in [0.25, 0.3) is 0 Å². The molecule has 0 spiro atoms. The summed E-state index contributed by atoms with van der Waals surface area (Å²) in [6.45, 7) is 3.64. The molecule has 0 aliphatic carbocycles. The van der Waals surface area contributed by atoms with Gasteiger partial charge in [0, 0.05) is 28.8 Å². The minimum atomic E-state index is -0.549. The Bertz CT molecular complexity index is 819. The van der Waals surface area contributed by atoms with Crippen LogP contribution in [0.2, 0.25) is 5.02 Å². The van der Waals surface area contributed by atoms with Crippen molar-refractivity contribution >= 4 is 34.8 Å². The molecule has 0 radical (unpaired) electrons. The van der Waals surface area contributed by atoms with Crippen LogP contribution in [0.5, 0.6) is 0 Å². The van der Waals surface area contributed by atoms with Gasteiger partial charge in [0.2, 0.25) is 0 Å². The predicted molar refractivity (Wildman–Crippen MR) is 95.1 cm³/mol. The molecule has 0 unspecified atom stereocenters. The fourth-order valence-electron chi connectivity index (χ4n) is 2.09. The number of nitrogens with zero attached hydrogens (tertiary/aromatic N) is 1. The van der Waals surface area contributed by atoms with E-state index in [-0.39, 0.29) is 34.5 Å². The molecule has 2 amide bonds. The third-order valence-corrected chi connectivity index (χ3v) is 3.47. The first-order valence-corrected chi connectivity index (χ1v) is 7.82. The molecule has 0 saturated carbocycles. The highest BCUT2D eigenvalue weighted by Gasteiger charge is 2.16. The van der Waals surface area contributed by atoms with E-state index in [0.29, 0.717) is 5.02 Å². The Balaban J connectivity index is 2.26. The number of carbonyl (C=O) groups is 2. The van der Waals surface area contributed by atoms with Crippen molar-refractivity contribution in [2.24, 2.45) is 0 Å². The number of benzene rings is 2. The SMILES string of the molecule is CC(C)NC(=O)c1ccc(Cl)cc1NC(=O)c1ccc([N+](=O)[O-])cc1. The number of non-ortho nitro benzene ring substituents is 1. The molecule has 0 atom stereocenters. The van der Waals surface area contributed by atoms with Gasteiger partial charge in [-0.15, -0.1) is 0 Å². The highest BCUT2D eigenvalue weighted by molar-refractivity contribution is 6.31. The summed E-state index contributed by atoms with van der Waals surface area (Å²) in [6, 6.07) is 9.63. The average molecular weight is 362 g/mol. The highest BCUT2D eigenvalue weighted by Crippen LogP contribution is 2.22. The average Bonchev–Trinajstić information content (AvgIpc) is 2.54. The molecule has 2 aromatic carbocycles. The van der Waals surface area contributed by atoms with Crippen LogP contribution in [-0.2, 0) is 0 Å². The zero-order valence-electron chi connectivity index (χ0n) is 13.6. The molecule has 0 aromatic heterocycles. The molecule has 8 heteroatoms. The predicted octanol–water partition coefficient (Wildman–Crippen LogP) is 3.64. The number of rotatable bonds is 5. The van der Waals surface area contributed by atoms with Gasteiger partial charge >= 0.3 is 0 Å². The summed E-state index contributed by atoms with van der Waals surface area (Å²) in [5.41, 5.74) is 0.638. The van der Waals surface area contributed by atoms with Gasteiger partial charge in [-0.05, 0) is 44.2 Å². The molecule has 130 valence electrons. The van der Waals surface area contributed by atoms with Crippen LogP contribution in [0.15, 0.2) is 42.5 Å². The second-order valence-electron chi connectivity index (χ2n) is 5.58. The van der Waals surface area contributed by atoms with Crippen LogP contribution in [-0.4, -0.2) is 22.8 Å². The van der Waals surface area contributed by atoms with Crippen molar-refractivity contribution < 1.29 is 14.5 Å². The van der Waals surface area contributed by atoms with E-state index in [1.165, 1.54) is 36.4 Å². The van der Waals surface area contributed by atoms with E-state index in [2.05, 4.69) is 10.6 Å². The van der Waals surface area contributed by atoms with E-state index >= 15 is 0 Å². The van der Waals surface area contributed by atoms with Crippen LogP contribution >= 0.6 is 11.6 Å². The van der Waals surface area contributed by atoms with Gasteiger partial charge in [-0.1, -0.05) is 11.6 Å². The summed E-state index contributed by atoms with van der Waals surface area (Å²) in [6.07, 6.45) is 0. The van der Waals surface area contributed by atoms with Crippen LogP contribution < -0.4 is 10.6 Å². The standard InChI is InChI=1S/C17H16ClN3O4/c1-10(2)19-17(23)14-8-5-12(18)9-15(14)20-16(22)11-3-6-13(7-4-11)21(24)25/h3-10H,1-2H3,(H,19,23)(H,20,22). The largest absolute Gasteiger partial charge is 0.350 e. The minimum absolute atomic E-state index is 0.0681. The summed E-state index contributed by atoms with van der Waals surface area (Å²) in [4.78, 5) is 34.7. The van der Waals surface area contributed by atoms with Gasteiger partial charge in [0.1, 0.15) is 0 Å². The lowest BCUT2D eigenvalue weighted by Gasteiger charge is -2.13. The van der Waals surface area contributed by atoms with Gasteiger partial charge in [-0.2, -0.15) is 0 Å². The van der Waals surface area contributed by atoms with E-state index < -0.39 is 10.8 Å². The number of nitrogens with one attached hydrogen (secondary N) is 2. The van der Waals surface area contributed by atoms with E-state index in [9.17, 15) is 19.7 Å². The maximum Gasteiger partial charge on any atom is 0.269 e. The smallest absolute Gasteiger partial charge is 0.269 e. The Labute approximate surface area is 149 Å².